The third kappa shape index (κ3) is 6.08. The zero-order valence-electron chi connectivity index (χ0n) is 10.1. The van der Waals surface area contributed by atoms with Gasteiger partial charge in [0.2, 0.25) is 5.91 Å². The molecule has 1 heterocycles. The molecule has 4 nitrogen and oxygen atoms in total. The molecule has 1 aliphatic heterocycles. The Labute approximate surface area is 98.3 Å². The molecule has 4 N–H and O–H groups in total. The summed E-state index contributed by atoms with van der Waals surface area (Å²) < 4.78 is 0. The van der Waals surface area contributed by atoms with Gasteiger partial charge in [0.15, 0.2) is 0 Å². The molecule has 1 atom stereocenters. The Kier molecular flexibility index (Phi) is 7.17. The first kappa shape index (κ1) is 13.5. The lowest BCUT2D eigenvalue weighted by Gasteiger charge is -2.17. The van der Waals surface area contributed by atoms with E-state index in [0.29, 0.717) is 6.42 Å². The molecule has 0 saturated carbocycles. The van der Waals surface area contributed by atoms with E-state index in [1.165, 1.54) is 19.3 Å². The van der Waals surface area contributed by atoms with Crippen LogP contribution in [0.3, 0.4) is 0 Å². The number of carbonyl (C=O) groups is 1. The van der Waals surface area contributed by atoms with Crippen molar-refractivity contribution >= 4 is 5.91 Å². The summed E-state index contributed by atoms with van der Waals surface area (Å²) in [6.45, 7) is 1.79. The van der Waals surface area contributed by atoms with Crippen molar-refractivity contribution in [2.24, 2.45) is 5.73 Å². The fourth-order valence-corrected chi connectivity index (χ4v) is 2.02. The SMILES string of the molecule is NCCCCCCNC1CCCCC(=O)N1. The highest BCUT2D eigenvalue weighted by molar-refractivity contribution is 5.76. The van der Waals surface area contributed by atoms with E-state index in [1.807, 2.05) is 0 Å². The number of nitrogens with one attached hydrogen (secondary N) is 2. The van der Waals surface area contributed by atoms with Gasteiger partial charge < -0.3 is 11.1 Å². The summed E-state index contributed by atoms with van der Waals surface area (Å²) in [5, 5.41) is 6.42. The summed E-state index contributed by atoms with van der Waals surface area (Å²) >= 11 is 0. The number of unbranched alkanes of at least 4 members (excludes halogenated alkanes) is 3. The Morgan fingerprint density at radius 1 is 1.25 bits per heavy atom. The second-order valence-corrected chi connectivity index (χ2v) is 4.52. The first-order valence-electron chi connectivity index (χ1n) is 6.56. The van der Waals surface area contributed by atoms with E-state index < -0.39 is 0 Å². The van der Waals surface area contributed by atoms with Crippen LogP contribution < -0.4 is 16.4 Å². The summed E-state index contributed by atoms with van der Waals surface area (Å²) in [7, 11) is 0. The average molecular weight is 227 g/mol. The Hall–Kier alpha value is -0.610. The molecule has 0 aromatic carbocycles. The number of amides is 1. The maximum Gasteiger partial charge on any atom is 0.221 e. The molecule has 0 aliphatic carbocycles. The molecular weight excluding hydrogens is 202 g/mol. The van der Waals surface area contributed by atoms with Crippen molar-refractivity contribution in [3.63, 3.8) is 0 Å². The van der Waals surface area contributed by atoms with Gasteiger partial charge in [-0.25, -0.2) is 0 Å². The normalized spacial score (nSPS) is 21.6. The fraction of sp³-hybridized carbons (Fsp3) is 0.917. The first-order chi connectivity index (χ1) is 7.83. The summed E-state index contributed by atoms with van der Waals surface area (Å²) in [5.74, 6) is 0.193. The third-order valence-electron chi connectivity index (χ3n) is 3.00. The van der Waals surface area contributed by atoms with Crippen LogP contribution in [0.4, 0.5) is 0 Å². The zero-order chi connectivity index (χ0) is 11.6. The van der Waals surface area contributed by atoms with Crippen molar-refractivity contribution in [3.8, 4) is 0 Å². The van der Waals surface area contributed by atoms with Gasteiger partial charge in [-0.1, -0.05) is 12.8 Å². The van der Waals surface area contributed by atoms with Gasteiger partial charge in [0.05, 0.1) is 6.17 Å². The lowest BCUT2D eigenvalue weighted by molar-refractivity contribution is -0.121. The Morgan fingerprint density at radius 3 is 2.88 bits per heavy atom. The summed E-state index contributed by atoms with van der Waals surface area (Å²) in [6.07, 6.45) is 8.87. The average Bonchev–Trinajstić information content (AvgIpc) is 2.48. The molecule has 1 amide bonds. The highest BCUT2D eigenvalue weighted by atomic mass is 16.1. The molecule has 0 aromatic heterocycles. The molecule has 16 heavy (non-hydrogen) atoms. The highest BCUT2D eigenvalue weighted by Crippen LogP contribution is 2.07. The molecule has 1 saturated heterocycles. The predicted octanol–water partition coefficient (Wildman–Crippen LogP) is 1.11. The topological polar surface area (TPSA) is 67.1 Å². The van der Waals surface area contributed by atoms with Crippen LogP contribution in [0.2, 0.25) is 0 Å². The second-order valence-electron chi connectivity index (χ2n) is 4.52. The van der Waals surface area contributed by atoms with E-state index in [-0.39, 0.29) is 12.1 Å². The van der Waals surface area contributed by atoms with Crippen molar-refractivity contribution in [2.45, 2.75) is 57.5 Å². The molecule has 1 fully saturated rings. The van der Waals surface area contributed by atoms with E-state index in [1.54, 1.807) is 0 Å². The van der Waals surface area contributed by atoms with Gasteiger partial charge in [-0.2, -0.15) is 0 Å². The minimum absolute atomic E-state index is 0.193. The Morgan fingerprint density at radius 2 is 2.06 bits per heavy atom. The van der Waals surface area contributed by atoms with Crippen LogP contribution in [-0.2, 0) is 4.79 Å². The van der Waals surface area contributed by atoms with Crippen molar-refractivity contribution < 1.29 is 4.79 Å². The summed E-state index contributed by atoms with van der Waals surface area (Å²) in [4.78, 5) is 11.3. The van der Waals surface area contributed by atoms with Gasteiger partial charge >= 0.3 is 0 Å². The van der Waals surface area contributed by atoms with Gasteiger partial charge in [0, 0.05) is 6.42 Å². The van der Waals surface area contributed by atoms with Crippen LogP contribution in [0.1, 0.15) is 51.4 Å². The molecule has 1 aliphatic rings. The van der Waals surface area contributed by atoms with Crippen molar-refractivity contribution in [1.82, 2.24) is 10.6 Å². The predicted molar refractivity (Wildman–Crippen MR) is 65.9 cm³/mol. The van der Waals surface area contributed by atoms with E-state index in [2.05, 4.69) is 10.6 Å². The molecule has 1 rings (SSSR count). The lowest BCUT2D eigenvalue weighted by Crippen LogP contribution is -2.44. The minimum Gasteiger partial charge on any atom is -0.341 e. The van der Waals surface area contributed by atoms with Crippen LogP contribution in [0.25, 0.3) is 0 Å². The Balaban J connectivity index is 2.00. The van der Waals surface area contributed by atoms with Crippen LogP contribution in [0.15, 0.2) is 0 Å². The second kappa shape index (κ2) is 8.53. The largest absolute Gasteiger partial charge is 0.341 e. The standard InChI is InChI=1S/C12H25N3O/c13-9-5-1-2-6-10-14-11-7-3-4-8-12(16)15-11/h11,14H,1-10,13H2,(H,15,16). The minimum atomic E-state index is 0.193. The van der Waals surface area contributed by atoms with Crippen LogP contribution in [0, 0.1) is 0 Å². The number of carbonyl (C=O) groups excluding carboxylic acids is 1. The number of nitrogens with two attached hydrogens (primary N) is 1. The molecular formula is C12H25N3O. The molecule has 0 bridgehead atoms. The van der Waals surface area contributed by atoms with Crippen LogP contribution in [-0.4, -0.2) is 25.2 Å². The quantitative estimate of drug-likeness (QED) is 0.571. The van der Waals surface area contributed by atoms with Gasteiger partial charge in [0.25, 0.3) is 0 Å². The van der Waals surface area contributed by atoms with Gasteiger partial charge in [-0.05, 0) is 45.2 Å². The number of hydrogen-bond acceptors (Lipinski definition) is 3. The summed E-state index contributed by atoms with van der Waals surface area (Å²) in [6, 6.07) is 0. The molecule has 4 heteroatoms. The molecule has 0 radical (unpaired) electrons. The molecule has 94 valence electrons. The van der Waals surface area contributed by atoms with Crippen LogP contribution >= 0.6 is 0 Å². The molecule has 0 spiro atoms. The van der Waals surface area contributed by atoms with E-state index in [0.717, 1.165) is 38.8 Å². The summed E-state index contributed by atoms with van der Waals surface area (Å²) in [5.41, 5.74) is 5.43. The van der Waals surface area contributed by atoms with Crippen molar-refractivity contribution in [2.75, 3.05) is 13.1 Å². The maximum absolute atomic E-state index is 11.3. The number of hydrogen-bond donors (Lipinski definition) is 3. The fourth-order valence-electron chi connectivity index (χ4n) is 2.02. The van der Waals surface area contributed by atoms with E-state index in [9.17, 15) is 4.79 Å². The molecule has 1 unspecified atom stereocenters. The monoisotopic (exact) mass is 227 g/mol. The highest BCUT2D eigenvalue weighted by Gasteiger charge is 2.14. The van der Waals surface area contributed by atoms with Crippen molar-refractivity contribution in [3.05, 3.63) is 0 Å². The first-order valence-corrected chi connectivity index (χ1v) is 6.56. The molecule has 0 aromatic rings. The van der Waals surface area contributed by atoms with E-state index in [4.69, 9.17) is 5.73 Å². The van der Waals surface area contributed by atoms with Gasteiger partial charge in [-0.3, -0.25) is 10.1 Å². The number of rotatable bonds is 7. The van der Waals surface area contributed by atoms with Crippen molar-refractivity contribution in [1.29, 1.82) is 0 Å². The maximum atomic E-state index is 11.3. The van der Waals surface area contributed by atoms with Crippen LogP contribution in [0.5, 0.6) is 0 Å². The zero-order valence-corrected chi connectivity index (χ0v) is 10.1. The third-order valence-corrected chi connectivity index (χ3v) is 3.00. The smallest absolute Gasteiger partial charge is 0.221 e. The Bertz CT molecular complexity index is 197. The van der Waals surface area contributed by atoms with Gasteiger partial charge in [-0.15, -0.1) is 0 Å². The van der Waals surface area contributed by atoms with Gasteiger partial charge in [0.1, 0.15) is 0 Å². The van der Waals surface area contributed by atoms with E-state index >= 15 is 0 Å². The lowest BCUT2D eigenvalue weighted by atomic mass is 10.2.